The van der Waals surface area contributed by atoms with Gasteiger partial charge in [-0.05, 0) is 49.5 Å². The lowest BCUT2D eigenvalue weighted by Crippen LogP contribution is -2.35. The van der Waals surface area contributed by atoms with Gasteiger partial charge in [0.15, 0.2) is 0 Å². The fraction of sp³-hybridized carbons (Fsp3) is 0.500. The minimum absolute atomic E-state index is 0.305. The summed E-state index contributed by atoms with van der Waals surface area (Å²) in [5.74, 6) is 1.09. The maximum absolute atomic E-state index is 10.5. The highest BCUT2D eigenvalue weighted by Crippen LogP contribution is 2.30. The van der Waals surface area contributed by atoms with Crippen molar-refractivity contribution in [2.24, 2.45) is 13.0 Å². The van der Waals surface area contributed by atoms with Crippen molar-refractivity contribution in [1.29, 1.82) is 0 Å². The standard InChI is InChI=1S/C16H22N4O/c1-19-11-8-18-16(19)15(21)14-4-9-20(10-5-14)12-13-2-6-17-7-3-13/h2-3,6-8,11,14-15,21H,4-5,9-10,12H2,1H3/t15-/m0/s1. The van der Waals surface area contributed by atoms with Gasteiger partial charge in [-0.1, -0.05) is 0 Å². The molecule has 21 heavy (non-hydrogen) atoms. The Labute approximate surface area is 125 Å². The zero-order valence-electron chi connectivity index (χ0n) is 12.4. The largest absolute Gasteiger partial charge is 0.385 e. The van der Waals surface area contributed by atoms with Crippen molar-refractivity contribution >= 4 is 0 Å². The van der Waals surface area contributed by atoms with Crippen LogP contribution in [0.3, 0.4) is 0 Å². The molecule has 5 nitrogen and oxygen atoms in total. The summed E-state index contributed by atoms with van der Waals surface area (Å²) in [5.41, 5.74) is 1.30. The number of pyridine rings is 1. The van der Waals surface area contributed by atoms with Gasteiger partial charge in [-0.25, -0.2) is 4.98 Å². The molecule has 0 bridgehead atoms. The summed E-state index contributed by atoms with van der Waals surface area (Å²) in [6.07, 6.45) is 8.89. The Balaban J connectivity index is 1.54. The van der Waals surface area contributed by atoms with Gasteiger partial charge in [-0.2, -0.15) is 0 Å². The third kappa shape index (κ3) is 3.31. The highest BCUT2D eigenvalue weighted by Gasteiger charge is 2.28. The highest BCUT2D eigenvalue weighted by atomic mass is 16.3. The van der Waals surface area contributed by atoms with E-state index in [9.17, 15) is 5.11 Å². The van der Waals surface area contributed by atoms with Gasteiger partial charge in [0.05, 0.1) is 0 Å². The molecule has 1 atom stereocenters. The summed E-state index contributed by atoms with van der Waals surface area (Å²) in [4.78, 5) is 10.8. The molecule has 0 spiro atoms. The van der Waals surface area contributed by atoms with E-state index in [1.54, 1.807) is 6.20 Å². The van der Waals surface area contributed by atoms with Gasteiger partial charge in [0.25, 0.3) is 0 Å². The first kappa shape index (κ1) is 14.2. The fourth-order valence-corrected chi connectivity index (χ4v) is 3.05. The number of hydrogen-bond donors (Lipinski definition) is 1. The van der Waals surface area contributed by atoms with Crippen molar-refractivity contribution in [2.45, 2.75) is 25.5 Å². The Hall–Kier alpha value is -1.72. The zero-order chi connectivity index (χ0) is 14.7. The summed E-state index contributed by atoms with van der Waals surface area (Å²) < 4.78 is 1.91. The molecule has 1 aliphatic heterocycles. The van der Waals surface area contributed by atoms with Crippen molar-refractivity contribution in [1.82, 2.24) is 19.4 Å². The lowest BCUT2D eigenvalue weighted by Gasteiger charge is -2.34. The lowest BCUT2D eigenvalue weighted by atomic mass is 9.90. The van der Waals surface area contributed by atoms with Gasteiger partial charge in [0, 0.05) is 38.4 Å². The van der Waals surface area contributed by atoms with Gasteiger partial charge in [-0.15, -0.1) is 0 Å². The summed E-state index contributed by atoms with van der Waals surface area (Å²) >= 11 is 0. The lowest BCUT2D eigenvalue weighted by molar-refractivity contribution is 0.0492. The fourth-order valence-electron chi connectivity index (χ4n) is 3.05. The molecule has 2 aromatic heterocycles. The molecule has 0 radical (unpaired) electrons. The molecule has 0 aromatic carbocycles. The molecule has 3 heterocycles. The number of aliphatic hydroxyl groups excluding tert-OH is 1. The van der Waals surface area contributed by atoms with E-state index in [2.05, 4.69) is 27.0 Å². The van der Waals surface area contributed by atoms with Crippen LogP contribution in [0, 0.1) is 5.92 Å². The average Bonchev–Trinajstić information content (AvgIpc) is 2.94. The van der Waals surface area contributed by atoms with Gasteiger partial charge in [-0.3, -0.25) is 9.88 Å². The second-order valence-corrected chi connectivity index (χ2v) is 5.81. The minimum Gasteiger partial charge on any atom is -0.385 e. The predicted octanol–water partition coefficient (Wildman–Crippen LogP) is 1.76. The second-order valence-electron chi connectivity index (χ2n) is 5.81. The van der Waals surface area contributed by atoms with Crippen molar-refractivity contribution < 1.29 is 5.11 Å². The SMILES string of the molecule is Cn1ccnc1[C@@H](O)C1CCN(Cc2ccncc2)CC1. The van der Waals surface area contributed by atoms with Crippen molar-refractivity contribution in [3.63, 3.8) is 0 Å². The Bertz CT molecular complexity index is 561. The summed E-state index contributed by atoms with van der Waals surface area (Å²) in [7, 11) is 1.93. The topological polar surface area (TPSA) is 54.2 Å². The van der Waals surface area contributed by atoms with Crippen LogP contribution in [-0.2, 0) is 13.6 Å². The van der Waals surface area contributed by atoms with Gasteiger partial charge < -0.3 is 9.67 Å². The molecular weight excluding hydrogens is 264 g/mol. The minimum atomic E-state index is -0.451. The first-order valence-corrected chi connectivity index (χ1v) is 7.50. The average molecular weight is 286 g/mol. The zero-order valence-corrected chi connectivity index (χ0v) is 12.4. The van der Waals surface area contributed by atoms with E-state index in [0.717, 1.165) is 38.3 Å². The van der Waals surface area contributed by atoms with Crippen molar-refractivity contribution in [3.8, 4) is 0 Å². The second kappa shape index (κ2) is 6.37. The van der Waals surface area contributed by atoms with E-state index in [0.29, 0.717) is 5.92 Å². The van der Waals surface area contributed by atoms with Crippen LogP contribution in [0.1, 0.15) is 30.3 Å². The van der Waals surface area contributed by atoms with Crippen molar-refractivity contribution in [2.75, 3.05) is 13.1 Å². The van der Waals surface area contributed by atoms with Crippen LogP contribution >= 0.6 is 0 Å². The Kier molecular flexibility index (Phi) is 4.31. The molecule has 112 valence electrons. The molecular formula is C16H22N4O. The summed E-state index contributed by atoms with van der Waals surface area (Å²) in [5, 5.41) is 10.5. The van der Waals surface area contributed by atoms with E-state index in [1.165, 1.54) is 5.56 Å². The predicted molar refractivity (Wildman–Crippen MR) is 80.4 cm³/mol. The Morgan fingerprint density at radius 2 is 1.95 bits per heavy atom. The first-order valence-electron chi connectivity index (χ1n) is 7.50. The third-order valence-corrected chi connectivity index (χ3v) is 4.36. The van der Waals surface area contributed by atoms with Crippen LogP contribution in [0.5, 0.6) is 0 Å². The summed E-state index contributed by atoms with van der Waals surface area (Å²) in [6, 6.07) is 4.13. The number of rotatable bonds is 4. The van der Waals surface area contributed by atoms with Gasteiger partial charge in [0.1, 0.15) is 11.9 Å². The molecule has 0 saturated carbocycles. The molecule has 1 aliphatic rings. The van der Waals surface area contributed by atoms with Crippen molar-refractivity contribution in [3.05, 3.63) is 48.3 Å². The van der Waals surface area contributed by atoms with Crippen LogP contribution in [-0.4, -0.2) is 37.6 Å². The van der Waals surface area contributed by atoms with Gasteiger partial charge >= 0.3 is 0 Å². The smallest absolute Gasteiger partial charge is 0.137 e. The van der Waals surface area contributed by atoms with Crippen LogP contribution in [0.4, 0.5) is 0 Å². The number of likely N-dealkylation sites (tertiary alicyclic amines) is 1. The number of aliphatic hydroxyl groups is 1. The van der Waals surface area contributed by atoms with E-state index in [-0.39, 0.29) is 0 Å². The molecule has 2 aromatic rings. The third-order valence-electron chi connectivity index (χ3n) is 4.36. The Morgan fingerprint density at radius 3 is 2.57 bits per heavy atom. The van der Waals surface area contributed by atoms with Gasteiger partial charge in [0.2, 0.25) is 0 Å². The number of aromatic nitrogens is 3. The molecule has 3 rings (SSSR count). The summed E-state index contributed by atoms with van der Waals surface area (Å²) in [6.45, 7) is 3.01. The van der Waals surface area contributed by atoms with Crippen LogP contribution < -0.4 is 0 Å². The number of aryl methyl sites for hydroxylation is 1. The molecule has 0 unspecified atom stereocenters. The molecule has 1 fully saturated rings. The maximum Gasteiger partial charge on any atom is 0.137 e. The number of piperidine rings is 1. The molecule has 5 heteroatoms. The first-order chi connectivity index (χ1) is 10.2. The number of hydrogen-bond acceptors (Lipinski definition) is 4. The number of imidazole rings is 1. The quantitative estimate of drug-likeness (QED) is 0.930. The highest BCUT2D eigenvalue weighted by molar-refractivity contribution is 5.09. The number of nitrogens with zero attached hydrogens (tertiary/aromatic N) is 4. The molecule has 1 saturated heterocycles. The molecule has 0 amide bonds. The van der Waals surface area contributed by atoms with E-state index >= 15 is 0 Å². The van der Waals surface area contributed by atoms with E-state index in [1.807, 2.05) is 30.2 Å². The van der Waals surface area contributed by atoms with E-state index < -0.39 is 6.10 Å². The molecule has 0 aliphatic carbocycles. The van der Waals surface area contributed by atoms with Crippen LogP contribution in [0.25, 0.3) is 0 Å². The monoisotopic (exact) mass is 286 g/mol. The molecule has 1 N–H and O–H groups in total. The van der Waals surface area contributed by atoms with E-state index in [4.69, 9.17) is 0 Å². The maximum atomic E-state index is 10.5. The van der Waals surface area contributed by atoms with Crippen LogP contribution in [0.2, 0.25) is 0 Å². The Morgan fingerprint density at radius 1 is 1.24 bits per heavy atom. The van der Waals surface area contributed by atoms with Crippen LogP contribution in [0.15, 0.2) is 36.9 Å². The normalized spacial score (nSPS) is 18.8.